The Morgan fingerprint density at radius 3 is 2.56 bits per heavy atom. The van der Waals surface area contributed by atoms with Crippen LogP contribution in [-0.2, 0) is 24.3 Å². The van der Waals surface area contributed by atoms with E-state index in [1.807, 2.05) is 38.1 Å². The summed E-state index contributed by atoms with van der Waals surface area (Å²) >= 11 is 0. The van der Waals surface area contributed by atoms with Crippen molar-refractivity contribution in [3.05, 3.63) is 80.1 Å². The van der Waals surface area contributed by atoms with E-state index >= 15 is 0 Å². The predicted molar refractivity (Wildman–Crippen MR) is 99.1 cm³/mol. The lowest BCUT2D eigenvalue weighted by Gasteiger charge is -2.16. The molecule has 0 amide bonds. The zero-order valence-electron chi connectivity index (χ0n) is 14.5. The van der Waals surface area contributed by atoms with Gasteiger partial charge in [0.15, 0.2) is 0 Å². The van der Waals surface area contributed by atoms with E-state index in [4.69, 9.17) is 4.74 Å². The maximum Gasteiger partial charge on any atom is 0.330 e. The molecule has 0 saturated carbocycles. The first-order valence-electron chi connectivity index (χ1n) is 8.55. The van der Waals surface area contributed by atoms with Gasteiger partial charge in [0.2, 0.25) is 0 Å². The molecule has 1 N–H and O–H groups in total. The van der Waals surface area contributed by atoms with Gasteiger partial charge < -0.3 is 4.74 Å². The van der Waals surface area contributed by atoms with Crippen molar-refractivity contribution in [2.45, 2.75) is 33.4 Å². The van der Waals surface area contributed by atoms with Gasteiger partial charge in [0.1, 0.15) is 6.73 Å². The summed E-state index contributed by atoms with van der Waals surface area (Å²) in [5.41, 5.74) is 1.71. The van der Waals surface area contributed by atoms with Crippen LogP contribution in [0.1, 0.15) is 30.7 Å². The summed E-state index contributed by atoms with van der Waals surface area (Å²) in [7, 11) is 0. The first kappa shape index (κ1) is 17.2. The summed E-state index contributed by atoms with van der Waals surface area (Å²) in [6.07, 6.45) is 1.07. The van der Waals surface area contributed by atoms with Crippen LogP contribution in [0.5, 0.6) is 0 Å². The predicted octanol–water partition coefficient (Wildman–Crippen LogP) is 2.84. The molecular weight excluding hydrogens is 316 g/mol. The third kappa shape index (κ3) is 3.42. The van der Waals surface area contributed by atoms with E-state index in [2.05, 4.69) is 23.2 Å². The number of hydrogen-bond donors (Lipinski definition) is 1. The van der Waals surface area contributed by atoms with E-state index in [1.54, 1.807) is 0 Å². The quantitative estimate of drug-likeness (QED) is 0.752. The van der Waals surface area contributed by atoms with Gasteiger partial charge >= 0.3 is 5.69 Å². The molecule has 0 aliphatic heterocycles. The van der Waals surface area contributed by atoms with Crippen LogP contribution in [0, 0.1) is 0 Å². The maximum atomic E-state index is 12.3. The Bertz CT molecular complexity index is 996. The van der Waals surface area contributed by atoms with Crippen molar-refractivity contribution in [2.75, 3.05) is 6.61 Å². The highest BCUT2D eigenvalue weighted by molar-refractivity contribution is 5.85. The summed E-state index contributed by atoms with van der Waals surface area (Å²) in [6.45, 7) is 4.44. The average Bonchev–Trinajstić information content (AvgIpc) is 2.62. The molecule has 1 heterocycles. The molecule has 0 radical (unpaired) electrons. The zero-order chi connectivity index (χ0) is 17.8. The van der Waals surface area contributed by atoms with Crippen molar-refractivity contribution in [1.29, 1.82) is 0 Å². The van der Waals surface area contributed by atoms with Gasteiger partial charge in [0.25, 0.3) is 5.56 Å². The molecule has 2 aromatic carbocycles. The lowest BCUT2D eigenvalue weighted by Crippen LogP contribution is -2.36. The van der Waals surface area contributed by atoms with Crippen LogP contribution in [0.15, 0.2) is 52.1 Å². The topological polar surface area (TPSA) is 64.1 Å². The molecule has 0 bridgehead atoms. The molecule has 0 aliphatic carbocycles. The summed E-state index contributed by atoms with van der Waals surface area (Å²) in [5, 5.41) is 2.27. The molecule has 0 saturated heterocycles. The number of hydrogen-bond acceptors (Lipinski definition) is 3. The second kappa shape index (κ2) is 7.49. The summed E-state index contributed by atoms with van der Waals surface area (Å²) in [6, 6.07) is 14.2. The van der Waals surface area contributed by atoms with Crippen LogP contribution in [0.4, 0.5) is 0 Å². The summed E-state index contributed by atoms with van der Waals surface area (Å²) in [5.74, 6) is 0. The van der Waals surface area contributed by atoms with Crippen LogP contribution in [0.2, 0.25) is 0 Å². The van der Waals surface area contributed by atoms with Gasteiger partial charge in [-0.2, -0.15) is 0 Å². The largest absolute Gasteiger partial charge is 0.361 e. The molecule has 3 rings (SSSR count). The fourth-order valence-electron chi connectivity index (χ4n) is 3.17. The van der Waals surface area contributed by atoms with Crippen LogP contribution in [0.3, 0.4) is 0 Å². The third-order valence-electron chi connectivity index (χ3n) is 4.43. The van der Waals surface area contributed by atoms with E-state index in [9.17, 15) is 9.59 Å². The van der Waals surface area contributed by atoms with Crippen molar-refractivity contribution in [3.8, 4) is 0 Å². The summed E-state index contributed by atoms with van der Waals surface area (Å²) in [4.78, 5) is 27.0. The molecule has 0 aliphatic rings. The van der Waals surface area contributed by atoms with Crippen molar-refractivity contribution in [1.82, 2.24) is 9.55 Å². The third-order valence-corrected chi connectivity index (χ3v) is 4.43. The minimum absolute atomic E-state index is 0.138. The van der Waals surface area contributed by atoms with Gasteiger partial charge in [-0.05, 0) is 29.7 Å². The highest BCUT2D eigenvalue weighted by atomic mass is 16.5. The average molecular weight is 338 g/mol. The Labute approximate surface area is 145 Å². The highest BCUT2D eigenvalue weighted by Crippen LogP contribution is 2.21. The number of H-pyrrole nitrogens is 1. The van der Waals surface area contributed by atoms with Gasteiger partial charge in [0.05, 0.1) is 0 Å². The number of aromatic amines is 1. The Hall–Kier alpha value is -2.66. The van der Waals surface area contributed by atoms with Gasteiger partial charge in [-0.25, -0.2) is 4.79 Å². The van der Waals surface area contributed by atoms with E-state index in [-0.39, 0.29) is 12.3 Å². The van der Waals surface area contributed by atoms with Gasteiger partial charge in [-0.15, -0.1) is 0 Å². The van der Waals surface area contributed by atoms with Gasteiger partial charge in [0, 0.05) is 24.3 Å². The first-order valence-corrected chi connectivity index (χ1v) is 8.55. The number of aromatic nitrogens is 2. The van der Waals surface area contributed by atoms with Crippen LogP contribution in [0.25, 0.3) is 10.8 Å². The number of nitrogens with zero attached hydrogens (tertiary/aromatic N) is 1. The first-order chi connectivity index (χ1) is 12.2. The fourth-order valence-corrected chi connectivity index (χ4v) is 3.17. The number of nitrogens with one attached hydrogen (secondary N) is 1. The number of rotatable bonds is 6. The second-order valence-corrected chi connectivity index (χ2v) is 5.90. The smallest absolute Gasteiger partial charge is 0.330 e. The Balaban J connectivity index is 2.18. The summed E-state index contributed by atoms with van der Waals surface area (Å²) < 4.78 is 6.98. The van der Waals surface area contributed by atoms with Crippen LogP contribution < -0.4 is 11.2 Å². The lowest BCUT2D eigenvalue weighted by atomic mass is 9.98. The molecule has 1 aromatic heterocycles. The van der Waals surface area contributed by atoms with E-state index < -0.39 is 5.69 Å². The maximum absolute atomic E-state index is 12.3. The molecule has 5 nitrogen and oxygen atoms in total. The molecule has 0 unspecified atom stereocenters. The van der Waals surface area contributed by atoms with Crippen LogP contribution >= 0.6 is 0 Å². The van der Waals surface area contributed by atoms with E-state index in [0.717, 1.165) is 22.0 Å². The Morgan fingerprint density at radius 1 is 1.04 bits per heavy atom. The molecular formula is C20H22N2O3. The van der Waals surface area contributed by atoms with Gasteiger partial charge in [-0.1, -0.05) is 49.4 Å². The fraction of sp³-hybridized carbons (Fsp3) is 0.300. The normalized spacial score (nSPS) is 11.1. The second-order valence-electron chi connectivity index (χ2n) is 5.90. The monoisotopic (exact) mass is 338 g/mol. The highest BCUT2D eigenvalue weighted by Gasteiger charge is 2.15. The van der Waals surface area contributed by atoms with Crippen molar-refractivity contribution >= 4 is 10.8 Å². The van der Waals surface area contributed by atoms with Gasteiger partial charge in [-0.3, -0.25) is 14.3 Å². The molecule has 130 valence electrons. The minimum Gasteiger partial charge on any atom is -0.361 e. The molecule has 25 heavy (non-hydrogen) atoms. The van der Waals surface area contributed by atoms with Crippen molar-refractivity contribution in [2.24, 2.45) is 0 Å². The van der Waals surface area contributed by atoms with Crippen LogP contribution in [-0.4, -0.2) is 16.2 Å². The minimum atomic E-state index is -0.425. The molecule has 3 aromatic rings. The Morgan fingerprint density at radius 2 is 1.80 bits per heavy atom. The van der Waals surface area contributed by atoms with E-state index in [0.29, 0.717) is 25.0 Å². The molecule has 0 spiro atoms. The molecule has 0 fully saturated rings. The SMILES string of the molecule is CCOCn1c(Cc2cccc3ccccc23)c(CC)c(=O)[nH]c1=O. The molecule has 0 atom stereocenters. The number of benzene rings is 2. The number of ether oxygens (including phenoxy) is 1. The number of fused-ring (bicyclic) bond motifs is 1. The lowest BCUT2D eigenvalue weighted by molar-refractivity contribution is 0.0822. The Kier molecular flexibility index (Phi) is 5.14. The standard InChI is InChI=1S/C20H22N2O3/c1-3-16-18(22(13-25-4-2)20(24)21-19(16)23)12-15-10-7-9-14-8-5-6-11-17(14)15/h5-11H,3-4,12-13H2,1-2H3,(H,21,23,24). The zero-order valence-corrected chi connectivity index (χ0v) is 14.5. The van der Waals surface area contributed by atoms with E-state index in [1.165, 1.54) is 4.57 Å². The van der Waals surface area contributed by atoms with Crippen molar-refractivity contribution < 1.29 is 4.74 Å². The van der Waals surface area contributed by atoms with Crippen molar-refractivity contribution in [3.63, 3.8) is 0 Å². The molecule has 5 heteroatoms.